The van der Waals surface area contributed by atoms with Crippen molar-refractivity contribution in [2.24, 2.45) is 11.8 Å². The lowest BCUT2D eigenvalue weighted by Gasteiger charge is -2.54. The van der Waals surface area contributed by atoms with Crippen molar-refractivity contribution in [2.75, 3.05) is 4.90 Å². The largest absolute Gasteiger partial charge is 0.274 e. The topological polar surface area (TPSA) is 37.4 Å². The quantitative estimate of drug-likeness (QED) is 0.395. The minimum absolute atomic E-state index is 0.292. The van der Waals surface area contributed by atoms with Crippen molar-refractivity contribution in [1.82, 2.24) is 0 Å². The molecule has 3 aromatic rings. The molecule has 0 aromatic heterocycles. The van der Waals surface area contributed by atoms with Crippen LogP contribution < -0.4 is 4.90 Å². The predicted molar refractivity (Wildman–Crippen MR) is 117 cm³/mol. The number of carbonyl (C=O) groups excluding carboxylic acids is 2. The van der Waals surface area contributed by atoms with E-state index in [1.807, 2.05) is 73.7 Å². The first-order valence-electron chi connectivity index (χ1n) is 9.92. The Hall–Kier alpha value is -2.62. The second-order valence-corrected chi connectivity index (χ2v) is 9.51. The van der Waals surface area contributed by atoms with Gasteiger partial charge in [-0.25, -0.2) is 4.90 Å². The van der Waals surface area contributed by atoms with Gasteiger partial charge in [0, 0.05) is 0 Å². The molecule has 148 valence electrons. The first kappa shape index (κ1) is 18.2. The molecule has 2 bridgehead atoms. The van der Waals surface area contributed by atoms with Crippen molar-refractivity contribution in [2.45, 2.75) is 16.7 Å². The van der Waals surface area contributed by atoms with Gasteiger partial charge in [-0.1, -0.05) is 60.7 Å². The minimum Gasteiger partial charge on any atom is -0.274 e. The van der Waals surface area contributed by atoms with Crippen molar-refractivity contribution in [1.29, 1.82) is 0 Å². The highest BCUT2D eigenvalue weighted by molar-refractivity contribution is 6.38. The van der Waals surface area contributed by atoms with E-state index in [1.165, 1.54) is 4.90 Å². The van der Waals surface area contributed by atoms with Gasteiger partial charge in [-0.2, -0.15) is 0 Å². The van der Waals surface area contributed by atoms with E-state index in [2.05, 4.69) is 0 Å². The molecule has 3 nitrogen and oxygen atoms in total. The summed E-state index contributed by atoms with van der Waals surface area (Å²) in [5.74, 6) is -2.12. The van der Waals surface area contributed by atoms with Gasteiger partial charge in [-0.05, 0) is 46.9 Å². The molecule has 1 aliphatic heterocycles. The Bertz CT molecular complexity index is 1150. The maximum absolute atomic E-state index is 13.8. The third kappa shape index (κ3) is 1.89. The van der Waals surface area contributed by atoms with E-state index >= 15 is 0 Å². The summed E-state index contributed by atoms with van der Waals surface area (Å²) >= 11 is 14.8. The molecule has 1 fully saturated rings. The highest BCUT2D eigenvalue weighted by Crippen LogP contribution is 2.69. The zero-order valence-corrected chi connectivity index (χ0v) is 17.6. The summed E-state index contributed by atoms with van der Waals surface area (Å²) in [5.41, 5.74) is 4.79. The average molecular weight is 434 g/mol. The van der Waals surface area contributed by atoms with Crippen LogP contribution in [-0.4, -0.2) is 11.8 Å². The molecule has 3 aliphatic carbocycles. The molecule has 4 aliphatic rings. The molecule has 1 heterocycles. The molecule has 7 rings (SSSR count). The van der Waals surface area contributed by atoms with E-state index in [-0.39, 0.29) is 11.8 Å². The molecule has 0 spiro atoms. The average Bonchev–Trinajstić information content (AvgIpc) is 3.03. The third-order valence-electron chi connectivity index (χ3n) is 6.85. The number of alkyl halides is 2. The molecule has 1 saturated heterocycles. The van der Waals surface area contributed by atoms with Gasteiger partial charge in [-0.15, -0.1) is 23.2 Å². The van der Waals surface area contributed by atoms with Gasteiger partial charge in [-0.3, -0.25) is 9.59 Å². The lowest BCUT2D eigenvalue weighted by atomic mass is 9.54. The van der Waals surface area contributed by atoms with Crippen molar-refractivity contribution in [3.63, 3.8) is 0 Å². The monoisotopic (exact) mass is 433 g/mol. The fourth-order valence-corrected chi connectivity index (χ4v) is 6.79. The normalized spacial score (nSPS) is 30.8. The van der Waals surface area contributed by atoms with Gasteiger partial charge in [0.2, 0.25) is 11.8 Å². The number of rotatable bonds is 1. The summed E-state index contributed by atoms with van der Waals surface area (Å²) in [6, 6.07) is 22.7. The minimum atomic E-state index is -1.14. The lowest BCUT2D eigenvalue weighted by molar-refractivity contribution is -0.122. The first-order valence-corrected chi connectivity index (χ1v) is 10.7. The molecular weight excluding hydrogens is 417 g/mol. The molecule has 2 atom stereocenters. The van der Waals surface area contributed by atoms with Gasteiger partial charge in [0.1, 0.15) is 9.75 Å². The van der Waals surface area contributed by atoms with Gasteiger partial charge in [0.15, 0.2) is 0 Å². The summed E-state index contributed by atoms with van der Waals surface area (Å²) in [4.78, 5) is 26.6. The Morgan fingerprint density at radius 2 is 1.13 bits per heavy atom. The van der Waals surface area contributed by atoms with Gasteiger partial charge in [0.05, 0.1) is 17.5 Å². The van der Waals surface area contributed by atoms with Crippen LogP contribution in [0.15, 0.2) is 72.8 Å². The van der Waals surface area contributed by atoms with Crippen molar-refractivity contribution in [3.05, 3.63) is 101 Å². The number of halogens is 2. The van der Waals surface area contributed by atoms with Crippen LogP contribution in [0.5, 0.6) is 0 Å². The second kappa shape index (κ2) is 5.75. The number of amides is 2. The van der Waals surface area contributed by atoms with E-state index in [0.717, 1.165) is 27.8 Å². The predicted octanol–water partition coefficient (Wildman–Crippen LogP) is 5.09. The van der Waals surface area contributed by atoms with Crippen LogP contribution in [-0.2, 0) is 19.3 Å². The van der Waals surface area contributed by atoms with Crippen molar-refractivity contribution < 1.29 is 9.59 Å². The van der Waals surface area contributed by atoms with E-state index < -0.39 is 21.6 Å². The van der Waals surface area contributed by atoms with Crippen LogP contribution in [0.1, 0.15) is 27.8 Å². The zero-order valence-electron chi connectivity index (χ0n) is 16.1. The number of nitrogens with zero attached hydrogens (tertiary/aromatic N) is 1. The van der Waals surface area contributed by atoms with Crippen LogP contribution in [0.2, 0.25) is 0 Å². The second-order valence-electron chi connectivity index (χ2n) is 8.32. The number of carbonyl (C=O) groups is 2. The van der Waals surface area contributed by atoms with Crippen LogP contribution >= 0.6 is 23.2 Å². The number of anilines is 1. The number of benzene rings is 3. The summed E-state index contributed by atoms with van der Waals surface area (Å²) < 4.78 is 0. The fourth-order valence-electron chi connectivity index (χ4n) is 5.69. The molecular formula is C25H17Cl2NO2. The number of imide groups is 1. The first-order chi connectivity index (χ1) is 14.4. The van der Waals surface area contributed by atoms with E-state index in [4.69, 9.17) is 23.2 Å². The standard InChI is InChI=1S/C25H17Cl2NO2/c1-14-7-6-8-15(13-14)28-22(29)20-21(23(28)30)25(27)17-10-3-2-9-16(17)24(20,26)18-11-4-5-12-19(18)25/h2-13,20-21H,1H3/t20-,21-,24?,25?/m0/s1. The summed E-state index contributed by atoms with van der Waals surface area (Å²) in [6.07, 6.45) is 0. The zero-order chi connectivity index (χ0) is 20.8. The molecule has 3 aromatic carbocycles. The fraction of sp³-hybridized carbons (Fsp3) is 0.200. The highest BCUT2D eigenvalue weighted by Gasteiger charge is 2.73. The Balaban J connectivity index is 1.67. The molecule has 30 heavy (non-hydrogen) atoms. The van der Waals surface area contributed by atoms with Gasteiger partial charge < -0.3 is 0 Å². The maximum atomic E-state index is 13.8. The smallest absolute Gasteiger partial charge is 0.240 e. The van der Waals surface area contributed by atoms with E-state index in [1.54, 1.807) is 6.07 Å². The molecule has 0 radical (unpaired) electrons. The maximum Gasteiger partial charge on any atom is 0.240 e. The highest BCUT2D eigenvalue weighted by atomic mass is 35.5. The van der Waals surface area contributed by atoms with Crippen LogP contribution in [0.25, 0.3) is 0 Å². The van der Waals surface area contributed by atoms with E-state index in [0.29, 0.717) is 5.69 Å². The third-order valence-corrected chi connectivity index (χ3v) is 8.13. The number of hydrogen-bond donors (Lipinski definition) is 0. The Morgan fingerprint density at radius 3 is 1.53 bits per heavy atom. The SMILES string of the molecule is Cc1cccc(N2C(=O)[C@@H]3[C@@H](C2=O)C2(Cl)c4ccccc4C3(Cl)c3ccccc32)c1. The van der Waals surface area contributed by atoms with Gasteiger partial charge >= 0.3 is 0 Å². The molecule has 0 unspecified atom stereocenters. The van der Waals surface area contributed by atoms with Crippen LogP contribution in [0, 0.1) is 18.8 Å². The molecule has 0 saturated carbocycles. The summed E-state index contributed by atoms with van der Waals surface area (Å²) in [5, 5.41) is 0. The summed E-state index contributed by atoms with van der Waals surface area (Å²) in [7, 11) is 0. The van der Waals surface area contributed by atoms with E-state index in [9.17, 15) is 9.59 Å². The Morgan fingerprint density at radius 1 is 0.700 bits per heavy atom. The number of hydrogen-bond acceptors (Lipinski definition) is 2. The molecule has 5 heteroatoms. The van der Waals surface area contributed by atoms with Crippen LogP contribution in [0.3, 0.4) is 0 Å². The summed E-state index contributed by atoms with van der Waals surface area (Å²) in [6.45, 7) is 1.93. The molecule has 2 amide bonds. The van der Waals surface area contributed by atoms with Crippen molar-refractivity contribution >= 4 is 40.7 Å². The van der Waals surface area contributed by atoms with Crippen molar-refractivity contribution in [3.8, 4) is 0 Å². The number of aryl methyl sites for hydroxylation is 1. The van der Waals surface area contributed by atoms with Gasteiger partial charge in [0.25, 0.3) is 0 Å². The Labute approximate surface area is 184 Å². The lowest BCUT2D eigenvalue weighted by Crippen LogP contribution is -2.57. The van der Waals surface area contributed by atoms with Crippen LogP contribution in [0.4, 0.5) is 5.69 Å². The Kier molecular flexibility index (Phi) is 3.48. The molecule has 0 N–H and O–H groups in total.